The Labute approximate surface area is 162 Å². The molecular weight excluding hydrogens is 358 g/mol. The number of nitro groups is 1. The van der Waals surface area contributed by atoms with Crippen molar-refractivity contribution in [3.05, 3.63) is 93.9 Å². The third-order valence-corrected chi connectivity index (χ3v) is 4.20. The first kappa shape index (κ1) is 19.3. The van der Waals surface area contributed by atoms with E-state index >= 15 is 0 Å². The van der Waals surface area contributed by atoms with Crippen LogP contribution in [0.5, 0.6) is 0 Å². The summed E-state index contributed by atoms with van der Waals surface area (Å²) in [5.41, 5.74) is 1.89. The molecule has 0 bridgehead atoms. The number of nitrogens with zero attached hydrogens (tertiary/aromatic N) is 2. The molecule has 3 rings (SSSR count). The highest BCUT2D eigenvalue weighted by Crippen LogP contribution is 2.25. The Kier molecular flexibility index (Phi) is 6.18. The van der Waals surface area contributed by atoms with Crippen LogP contribution < -0.4 is 5.32 Å². The predicted octanol–water partition coefficient (Wildman–Crippen LogP) is 4.14. The van der Waals surface area contributed by atoms with E-state index in [0.29, 0.717) is 13.1 Å². The first-order chi connectivity index (χ1) is 13.5. The second-order valence-corrected chi connectivity index (χ2v) is 6.54. The zero-order chi connectivity index (χ0) is 19.9. The van der Waals surface area contributed by atoms with Crippen molar-refractivity contribution in [2.24, 2.45) is 0 Å². The number of anilines is 1. The molecule has 0 aliphatic carbocycles. The predicted molar refractivity (Wildman–Crippen MR) is 106 cm³/mol. The van der Waals surface area contributed by atoms with Gasteiger partial charge in [-0.2, -0.15) is 0 Å². The maximum absolute atomic E-state index is 12.6. The van der Waals surface area contributed by atoms with E-state index in [1.54, 1.807) is 31.4 Å². The van der Waals surface area contributed by atoms with E-state index in [1.807, 2.05) is 41.3 Å². The molecule has 0 saturated carbocycles. The number of amides is 1. The average molecular weight is 379 g/mol. The van der Waals surface area contributed by atoms with Crippen LogP contribution in [0.2, 0.25) is 0 Å². The van der Waals surface area contributed by atoms with Crippen LogP contribution in [0.15, 0.2) is 71.3 Å². The molecule has 1 aromatic heterocycles. The van der Waals surface area contributed by atoms with Crippen LogP contribution in [0.4, 0.5) is 11.4 Å². The van der Waals surface area contributed by atoms with Crippen LogP contribution in [0.25, 0.3) is 0 Å². The van der Waals surface area contributed by atoms with Gasteiger partial charge in [-0.15, -0.1) is 0 Å². The Bertz CT molecular complexity index is 940. The zero-order valence-electron chi connectivity index (χ0n) is 15.5. The first-order valence-electron chi connectivity index (χ1n) is 8.85. The minimum atomic E-state index is -0.493. The maximum Gasteiger partial charge on any atom is 0.293 e. The molecule has 1 N–H and O–H groups in total. The number of benzene rings is 2. The molecule has 0 fully saturated rings. The number of nitro benzene ring substituents is 1. The van der Waals surface area contributed by atoms with Gasteiger partial charge in [0.1, 0.15) is 11.4 Å². The van der Waals surface area contributed by atoms with E-state index in [4.69, 9.17) is 4.42 Å². The monoisotopic (exact) mass is 379 g/mol. The molecule has 1 amide bonds. The van der Waals surface area contributed by atoms with Crippen molar-refractivity contribution in [1.29, 1.82) is 0 Å². The Hall–Kier alpha value is -3.45. The number of furan rings is 1. The number of hydrogen-bond donors (Lipinski definition) is 1. The second-order valence-electron chi connectivity index (χ2n) is 6.54. The number of hydrogen-bond acceptors (Lipinski definition) is 5. The van der Waals surface area contributed by atoms with Gasteiger partial charge in [0, 0.05) is 12.6 Å². The summed E-state index contributed by atoms with van der Waals surface area (Å²) in [5, 5.41) is 13.9. The van der Waals surface area contributed by atoms with E-state index in [2.05, 4.69) is 5.32 Å². The molecule has 0 saturated heterocycles. The summed E-state index contributed by atoms with van der Waals surface area (Å²) in [7, 11) is 0. The Morgan fingerprint density at radius 3 is 2.57 bits per heavy atom. The van der Waals surface area contributed by atoms with Crippen molar-refractivity contribution >= 4 is 17.3 Å². The van der Waals surface area contributed by atoms with Gasteiger partial charge >= 0.3 is 0 Å². The molecule has 7 nitrogen and oxygen atoms in total. The summed E-state index contributed by atoms with van der Waals surface area (Å²) in [4.78, 5) is 25.3. The first-order valence-corrected chi connectivity index (χ1v) is 8.85. The van der Waals surface area contributed by atoms with E-state index in [1.165, 1.54) is 6.07 Å². The zero-order valence-corrected chi connectivity index (χ0v) is 15.5. The molecule has 0 unspecified atom stereocenters. The summed E-state index contributed by atoms with van der Waals surface area (Å²) < 4.78 is 5.40. The highest BCUT2D eigenvalue weighted by atomic mass is 16.6. The van der Waals surface area contributed by atoms with Gasteiger partial charge in [0.05, 0.1) is 24.3 Å². The van der Waals surface area contributed by atoms with Gasteiger partial charge < -0.3 is 9.73 Å². The second kappa shape index (κ2) is 8.96. The lowest BCUT2D eigenvalue weighted by Gasteiger charge is -2.21. The van der Waals surface area contributed by atoms with Gasteiger partial charge in [0.15, 0.2) is 0 Å². The molecule has 144 valence electrons. The molecule has 0 aliphatic heterocycles. The molecule has 0 atom stereocenters. The van der Waals surface area contributed by atoms with Gasteiger partial charge in [-0.25, -0.2) is 0 Å². The van der Waals surface area contributed by atoms with E-state index < -0.39 is 4.92 Å². The summed E-state index contributed by atoms with van der Waals surface area (Å²) >= 11 is 0. The van der Waals surface area contributed by atoms with Crippen molar-refractivity contribution in [2.45, 2.75) is 20.0 Å². The summed E-state index contributed by atoms with van der Waals surface area (Å²) in [6, 6.07) is 18.2. The lowest BCUT2D eigenvalue weighted by molar-refractivity contribution is -0.384. The molecular formula is C21H21N3O4. The number of carbonyl (C=O) groups excluding carboxylic acids is 1. The van der Waals surface area contributed by atoms with Crippen LogP contribution in [0.3, 0.4) is 0 Å². The summed E-state index contributed by atoms with van der Waals surface area (Å²) in [6.07, 6.45) is 1.59. The van der Waals surface area contributed by atoms with Gasteiger partial charge in [0.25, 0.3) is 5.69 Å². The number of nitrogens with one attached hydrogen (secondary N) is 1. The van der Waals surface area contributed by atoms with Gasteiger partial charge in [-0.1, -0.05) is 36.4 Å². The van der Waals surface area contributed by atoms with Crippen molar-refractivity contribution in [3.8, 4) is 0 Å². The van der Waals surface area contributed by atoms with Gasteiger partial charge in [-0.05, 0) is 36.2 Å². The molecule has 0 spiro atoms. The number of aryl methyl sites for hydroxylation is 1. The minimum Gasteiger partial charge on any atom is -0.468 e. The van der Waals surface area contributed by atoms with Gasteiger partial charge in [-0.3, -0.25) is 19.8 Å². The van der Waals surface area contributed by atoms with Crippen LogP contribution in [-0.2, 0) is 17.9 Å². The van der Waals surface area contributed by atoms with Crippen molar-refractivity contribution in [2.75, 3.05) is 11.9 Å². The van der Waals surface area contributed by atoms with Crippen molar-refractivity contribution < 1.29 is 14.1 Å². The molecule has 1 heterocycles. The fourth-order valence-electron chi connectivity index (χ4n) is 2.92. The van der Waals surface area contributed by atoms with Crippen LogP contribution in [-0.4, -0.2) is 22.3 Å². The van der Waals surface area contributed by atoms with Crippen molar-refractivity contribution in [1.82, 2.24) is 4.90 Å². The Morgan fingerprint density at radius 2 is 1.89 bits per heavy atom. The maximum atomic E-state index is 12.6. The summed E-state index contributed by atoms with van der Waals surface area (Å²) in [6.45, 7) is 2.83. The number of carbonyl (C=O) groups is 1. The molecule has 28 heavy (non-hydrogen) atoms. The van der Waals surface area contributed by atoms with E-state index in [9.17, 15) is 14.9 Å². The highest BCUT2D eigenvalue weighted by molar-refractivity contribution is 5.94. The standard InChI is InChI=1S/C21H21N3O4/c1-16-9-10-19(20(12-16)24(26)27)22-21(25)15-23(14-18-8-5-11-28-18)13-17-6-3-2-4-7-17/h2-12H,13-15H2,1H3,(H,22,25). The Balaban J connectivity index is 1.73. The van der Waals surface area contributed by atoms with Crippen LogP contribution >= 0.6 is 0 Å². The third kappa shape index (κ3) is 5.28. The molecule has 3 aromatic rings. The lowest BCUT2D eigenvalue weighted by Crippen LogP contribution is -2.32. The molecule has 7 heteroatoms. The normalized spacial score (nSPS) is 10.8. The Morgan fingerprint density at radius 1 is 1.11 bits per heavy atom. The largest absolute Gasteiger partial charge is 0.468 e. The molecule has 0 aliphatic rings. The topological polar surface area (TPSA) is 88.6 Å². The van der Waals surface area contributed by atoms with Crippen LogP contribution in [0.1, 0.15) is 16.9 Å². The van der Waals surface area contributed by atoms with E-state index in [-0.39, 0.29) is 23.8 Å². The quantitative estimate of drug-likeness (QED) is 0.469. The average Bonchev–Trinajstić information content (AvgIpc) is 3.16. The highest BCUT2D eigenvalue weighted by Gasteiger charge is 2.18. The van der Waals surface area contributed by atoms with E-state index in [0.717, 1.165) is 16.9 Å². The van der Waals surface area contributed by atoms with Crippen LogP contribution in [0, 0.1) is 17.0 Å². The van der Waals surface area contributed by atoms with Crippen molar-refractivity contribution in [3.63, 3.8) is 0 Å². The molecule has 2 aromatic carbocycles. The summed E-state index contributed by atoms with van der Waals surface area (Å²) in [5.74, 6) is 0.416. The molecule has 0 radical (unpaired) electrons. The fraction of sp³-hybridized carbons (Fsp3) is 0.190. The lowest BCUT2D eigenvalue weighted by atomic mass is 10.2. The minimum absolute atomic E-state index is 0.0701. The third-order valence-electron chi connectivity index (χ3n) is 4.20. The fourth-order valence-corrected chi connectivity index (χ4v) is 2.92. The smallest absolute Gasteiger partial charge is 0.293 e. The SMILES string of the molecule is Cc1ccc(NC(=O)CN(Cc2ccccc2)Cc2ccco2)c([N+](=O)[O-])c1. The van der Waals surface area contributed by atoms with Gasteiger partial charge in [0.2, 0.25) is 5.91 Å². The number of rotatable bonds is 8.